The van der Waals surface area contributed by atoms with E-state index in [-0.39, 0.29) is 29.9 Å². The molecule has 0 aliphatic carbocycles. The van der Waals surface area contributed by atoms with E-state index in [4.69, 9.17) is 4.74 Å². The molecule has 5 heteroatoms. The average Bonchev–Trinajstić information content (AvgIpc) is 2.86. The van der Waals surface area contributed by atoms with Crippen LogP contribution in [0.2, 0.25) is 0 Å². The van der Waals surface area contributed by atoms with Crippen molar-refractivity contribution >= 4 is 5.91 Å². The van der Waals surface area contributed by atoms with Crippen molar-refractivity contribution in [3.63, 3.8) is 0 Å². The highest BCUT2D eigenvalue weighted by molar-refractivity contribution is 5.95. The Morgan fingerprint density at radius 2 is 1.92 bits per heavy atom. The van der Waals surface area contributed by atoms with Crippen molar-refractivity contribution in [3.05, 3.63) is 60.0 Å². The number of fused-ring (bicyclic) bond motifs is 2. The van der Waals surface area contributed by atoms with Gasteiger partial charge in [-0.25, -0.2) is 9.37 Å². The molecule has 3 heterocycles. The van der Waals surface area contributed by atoms with Crippen molar-refractivity contribution in [2.75, 3.05) is 0 Å². The van der Waals surface area contributed by atoms with E-state index in [0.717, 1.165) is 25.7 Å². The van der Waals surface area contributed by atoms with E-state index in [1.54, 1.807) is 18.3 Å². The normalized spacial score (nSPS) is 25.5. The lowest BCUT2D eigenvalue weighted by Gasteiger charge is -2.38. The average molecular weight is 326 g/mol. The predicted molar refractivity (Wildman–Crippen MR) is 87.3 cm³/mol. The molecule has 2 bridgehead atoms. The molecule has 2 atom stereocenters. The molecule has 124 valence electrons. The molecule has 2 unspecified atom stereocenters. The van der Waals surface area contributed by atoms with Crippen molar-refractivity contribution in [3.8, 4) is 5.88 Å². The molecule has 2 aliphatic heterocycles. The molecule has 4 nitrogen and oxygen atoms in total. The lowest BCUT2D eigenvalue weighted by Crippen LogP contribution is -2.49. The number of carbonyl (C=O) groups excluding carboxylic acids is 1. The van der Waals surface area contributed by atoms with E-state index in [0.29, 0.717) is 11.4 Å². The van der Waals surface area contributed by atoms with Gasteiger partial charge in [0.15, 0.2) is 0 Å². The molecular weight excluding hydrogens is 307 g/mol. The summed E-state index contributed by atoms with van der Waals surface area (Å²) in [6.45, 7) is 0. The third-order valence-corrected chi connectivity index (χ3v) is 4.92. The Balaban J connectivity index is 1.48. The highest BCUT2D eigenvalue weighted by Crippen LogP contribution is 2.38. The largest absolute Gasteiger partial charge is 0.474 e. The maximum atomic E-state index is 13.4. The molecule has 2 saturated heterocycles. The SMILES string of the molecule is O=C(c1cccc(F)c1)N1C2CCC1CC(Oc1ccccn1)C2. The molecule has 0 spiro atoms. The Morgan fingerprint density at radius 3 is 2.58 bits per heavy atom. The summed E-state index contributed by atoms with van der Waals surface area (Å²) < 4.78 is 19.4. The number of amides is 1. The van der Waals surface area contributed by atoms with Gasteiger partial charge in [0.1, 0.15) is 11.9 Å². The molecule has 2 fully saturated rings. The van der Waals surface area contributed by atoms with Gasteiger partial charge in [0.05, 0.1) is 0 Å². The van der Waals surface area contributed by atoms with Gasteiger partial charge < -0.3 is 9.64 Å². The van der Waals surface area contributed by atoms with Crippen LogP contribution in [0.1, 0.15) is 36.0 Å². The van der Waals surface area contributed by atoms with Gasteiger partial charge in [0, 0.05) is 42.8 Å². The highest BCUT2D eigenvalue weighted by Gasteiger charge is 2.44. The van der Waals surface area contributed by atoms with E-state index < -0.39 is 0 Å². The van der Waals surface area contributed by atoms with Crippen LogP contribution in [0.5, 0.6) is 5.88 Å². The Labute approximate surface area is 140 Å². The van der Waals surface area contributed by atoms with Crippen LogP contribution in [0.15, 0.2) is 48.7 Å². The number of pyridine rings is 1. The summed E-state index contributed by atoms with van der Waals surface area (Å²) in [5.41, 5.74) is 0.427. The Kier molecular flexibility index (Phi) is 3.92. The maximum absolute atomic E-state index is 13.4. The molecule has 2 aromatic rings. The summed E-state index contributed by atoms with van der Waals surface area (Å²) in [6.07, 6.45) is 5.35. The summed E-state index contributed by atoms with van der Waals surface area (Å²) in [6, 6.07) is 11.9. The van der Waals surface area contributed by atoms with Gasteiger partial charge in [-0.1, -0.05) is 12.1 Å². The van der Waals surface area contributed by atoms with Crippen molar-refractivity contribution < 1.29 is 13.9 Å². The fraction of sp³-hybridized carbons (Fsp3) is 0.368. The Morgan fingerprint density at radius 1 is 1.12 bits per heavy atom. The van der Waals surface area contributed by atoms with Crippen molar-refractivity contribution in [1.29, 1.82) is 0 Å². The van der Waals surface area contributed by atoms with Gasteiger partial charge in [-0.2, -0.15) is 0 Å². The zero-order valence-electron chi connectivity index (χ0n) is 13.3. The van der Waals surface area contributed by atoms with Crippen LogP contribution in [-0.2, 0) is 0 Å². The van der Waals surface area contributed by atoms with Gasteiger partial charge >= 0.3 is 0 Å². The van der Waals surface area contributed by atoms with Crippen molar-refractivity contribution in [2.24, 2.45) is 0 Å². The number of ether oxygens (including phenoxy) is 1. The number of carbonyl (C=O) groups is 1. The molecular formula is C19H19FN2O2. The zero-order chi connectivity index (χ0) is 16.5. The van der Waals surface area contributed by atoms with Gasteiger partial charge in [0.2, 0.25) is 5.88 Å². The molecule has 0 radical (unpaired) electrons. The first-order valence-corrected chi connectivity index (χ1v) is 8.36. The minimum absolute atomic E-state index is 0.0710. The number of rotatable bonds is 3. The van der Waals surface area contributed by atoms with Crippen LogP contribution in [0.4, 0.5) is 4.39 Å². The fourth-order valence-electron chi connectivity index (χ4n) is 3.91. The Bertz CT molecular complexity index is 723. The van der Waals surface area contributed by atoms with E-state index >= 15 is 0 Å². The van der Waals surface area contributed by atoms with Crippen LogP contribution >= 0.6 is 0 Å². The van der Waals surface area contributed by atoms with Crippen LogP contribution in [0, 0.1) is 5.82 Å². The summed E-state index contributed by atoms with van der Waals surface area (Å²) in [4.78, 5) is 18.9. The number of piperidine rings is 1. The van der Waals surface area contributed by atoms with Crippen LogP contribution in [-0.4, -0.2) is 34.0 Å². The molecule has 24 heavy (non-hydrogen) atoms. The second-order valence-electron chi connectivity index (χ2n) is 6.49. The number of benzene rings is 1. The van der Waals surface area contributed by atoms with Gasteiger partial charge in [-0.3, -0.25) is 4.79 Å². The summed E-state index contributed by atoms with van der Waals surface area (Å²) in [7, 11) is 0. The first-order chi connectivity index (χ1) is 11.7. The summed E-state index contributed by atoms with van der Waals surface area (Å²) in [5, 5.41) is 0. The van der Waals surface area contributed by atoms with E-state index in [1.165, 1.54) is 12.1 Å². The first-order valence-electron chi connectivity index (χ1n) is 8.36. The van der Waals surface area contributed by atoms with E-state index in [2.05, 4.69) is 4.98 Å². The minimum Gasteiger partial charge on any atom is -0.474 e. The predicted octanol–water partition coefficient (Wildman–Crippen LogP) is 3.44. The number of aromatic nitrogens is 1. The molecule has 0 saturated carbocycles. The molecule has 1 aromatic carbocycles. The molecule has 1 aromatic heterocycles. The van der Waals surface area contributed by atoms with E-state index in [9.17, 15) is 9.18 Å². The lowest BCUT2D eigenvalue weighted by atomic mass is 9.98. The zero-order valence-corrected chi connectivity index (χ0v) is 13.3. The van der Waals surface area contributed by atoms with Crippen LogP contribution < -0.4 is 4.74 Å². The second-order valence-corrected chi connectivity index (χ2v) is 6.49. The van der Waals surface area contributed by atoms with Crippen LogP contribution in [0.25, 0.3) is 0 Å². The monoisotopic (exact) mass is 326 g/mol. The topological polar surface area (TPSA) is 42.4 Å². The van der Waals surface area contributed by atoms with Crippen molar-refractivity contribution in [1.82, 2.24) is 9.88 Å². The van der Waals surface area contributed by atoms with Gasteiger partial charge in [-0.05, 0) is 37.1 Å². The third kappa shape index (κ3) is 2.86. The second kappa shape index (κ2) is 6.23. The summed E-state index contributed by atoms with van der Waals surface area (Å²) in [5.74, 6) is 0.187. The lowest BCUT2D eigenvalue weighted by molar-refractivity contribution is 0.0347. The van der Waals surface area contributed by atoms with Crippen molar-refractivity contribution in [2.45, 2.75) is 43.9 Å². The molecule has 0 N–H and O–H groups in total. The molecule has 1 amide bonds. The highest BCUT2D eigenvalue weighted by atomic mass is 19.1. The van der Waals surface area contributed by atoms with E-state index in [1.807, 2.05) is 23.1 Å². The summed E-state index contributed by atoms with van der Waals surface area (Å²) >= 11 is 0. The minimum atomic E-state index is -0.374. The molecule has 4 rings (SSSR count). The quantitative estimate of drug-likeness (QED) is 0.868. The van der Waals surface area contributed by atoms with Gasteiger partial charge in [-0.15, -0.1) is 0 Å². The Hall–Kier alpha value is -2.43. The number of nitrogens with zero attached hydrogens (tertiary/aromatic N) is 2. The number of hydrogen-bond donors (Lipinski definition) is 0. The van der Waals surface area contributed by atoms with Gasteiger partial charge in [0.25, 0.3) is 5.91 Å². The fourth-order valence-corrected chi connectivity index (χ4v) is 3.91. The van der Waals surface area contributed by atoms with Crippen LogP contribution in [0.3, 0.4) is 0 Å². The number of hydrogen-bond acceptors (Lipinski definition) is 3. The molecule has 2 aliphatic rings. The smallest absolute Gasteiger partial charge is 0.254 e. The maximum Gasteiger partial charge on any atom is 0.254 e. The first kappa shape index (κ1) is 15.1. The standard InChI is InChI=1S/C19H19FN2O2/c20-14-5-3-4-13(10-14)19(23)22-15-7-8-16(22)12-17(11-15)24-18-6-1-2-9-21-18/h1-6,9-10,15-17H,7-8,11-12H2. The number of halogens is 1. The third-order valence-electron chi connectivity index (χ3n) is 4.92.